The summed E-state index contributed by atoms with van der Waals surface area (Å²) in [5.41, 5.74) is 6.64. The van der Waals surface area contributed by atoms with Gasteiger partial charge in [-0.1, -0.05) is 11.6 Å². The summed E-state index contributed by atoms with van der Waals surface area (Å²) in [7, 11) is 0. The van der Waals surface area contributed by atoms with Crippen molar-refractivity contribution in [2.75, 3.05) is 18.5 Å². The molecule has 0 aliphatic heterocycles. The maximum absolute atomic E-state index is 11.9. The first-order valence-corrected chi connectivity index (χ1v) is 7.05. The highest BCUT2D eigenvalue weighted by molar-refractivity contribution is 8.00. The Morgan fingerprint density at radius 2 is 2.29 bits per heavy atom. The van der Waals surface area contributed by atoms with Crippen molar-refractivity contribution in [2.24, 2.45) is 0 Å². The van der Waals surface area contributed by atoms with Crippen LogP contribution in [0.1, 0.15) is 23.2 Å². The molecule has 0 saturated heterocycles. The number of carbonyl (C=O) groups excluding carboxylic acids is 1. The van der Waals surface area contributed by atoms with Gasteiger partial charge >= 0.3 is 0 Å². The van der Waals surface area contributed by atoms with Crippen molar-refractivity contribution >= 4 is 35.0 Å². The molecular formula is C12H15ClN2OS. The minimum Gasteiger partial charge on any atom is -0.399 e. The Bertz CT molecular complexity index is 446. The number of nitrogens with two attached hydrogens (primary N) is 1. The highest BCUT2D eigenvalue weighted by Gasteiger charge is 2.42. The van der Waals surface area contributed by atoms with Gasteiger partial charge in [-0.2, -0.15) is 11.8 Å². The van der Waals surface area contributed by atoms with Gasteiger partial charge in [-0.05, 0) is 37.3 Å². The predicted molar refractivity (Wildman–Crippen MR) is 73.7 cm³/mol. The highest BCUT2D eigenvalue weighted by atomic mass is 35.5. The van der Waals surface area contributed by atoms with E-state index in [0.29, 0.717) is 22.8 Å². The van der Waals surface area contributed by atoms with Gasteiger partial charge < -0.3 is 11.1 Å². The molecular weight excluding hydrogens is 256 g/mol. The van der Waals surface area contributed by atoms with Crippen LogP contribution < -0.4 is 11.1 Å². The van der Waals surface area contributed by atoms with Gasteiger partial charge in [0.15, 0.2) is 0 Å². The predicted octanol–water partition coefficient (Wildman–Crippen LogP) is 2.55. The van der Waals surface area contributed by atoms with Crippen LogP contribution in [-0.4, -0.2) is 23.5 Å². The molecule has 1 aromatic carbocycles. The van der Waals surface area contributed by atoms with E-state index in [0.717, 1.165) is 0 Å². The second kappa shape index (κ2) is 4.78. The Morgan fingerprint density at radius 3 is 2.88 bits per heavy atom. The molecule has 3 N–H and O–H groups in total. The van der Waals surface area contributed by atoms with Crippen molar-refractivity contribution in [3.05, 3.63) is 28.8 Å². The highest BCUT2D eigenvalue weighted by Crippen LogP contribution is 2.46. The zero-order valence-corrected chi connectivity index (χ0v) is 11.2. The summed E-state index contributed by atoms with van der Waals surface area (Å²) in [5.74, 6) is -0.150. The van der Waals surface area contributed by atoms with E-state index in [9.17, 15) is 4.79 Å². The van der Waals surface area contributed by atoms with Gasteiger partial charge in [0.05, 0.1) is 10.6 Å². The maximum Gasteiger partial charge on any atom is 0.252 e. The molecule has 0 unspecified atom stereocenters. The first-order chi connectivity index (χ1) is 8.06. The molecule has 0 heterocycles. The van der Waals surface area contributed by atoms with E-state index in [4.69, 9.17) is 17.3 Å². The van der Waals surface area contributed by atoms with E-state index in [1.807, 2.05) is 11.8 Å². The minimum absolute atomic E-state index is 0.150. The molecule has 2 rings (SSSR count). The number of nitrogen functional groups attached to an aromatic ring is 1. The molecule has 1 aliphatic carbocycles. The van der Waals surface area contributed by atoms with Gasteiger partial charge in [-0.3, -0.25) is 4.79 Å². The lowest BCUT2D eigenvalue weighted by molar-refractivity contribution is 0.0953. The summed E-state index contributed by atoms with van der Waals surface area (Å²) >= 11 is 7.78. The van der Waals surface area contributed by atoms with Crippen molar-refractivity contribution in [2.45, 2.75) is 17.6 Å². The largest absolute Gasteiger partial charge is 0.399 e. The molecule has 5 heteroatoms. The van der Waals surface area contributed by atoms with Gasteiger partial charge in [0.1, 0.15) is 0 Å². The molecule has 0 bridgehead atoms. The molecule has 3 nitrogen and oxygen atoms in total. The Labute approximate surface area is 110 Å². The van der Waals surface area contributed by atoms with Crippen LogP contribution in [0.5, 0.6) is 0 Å². The van der Waals surface area contributed by atoms with Crippen molar-refractivity contribution in [1.29, 1.82) is 0 Å². The number of nitrogens with one attached hydrogen (secondary N) is 1. The van der Waals surface area contributed by atoms with Crippen LogP contribution in [0.3, 0.4) is 0 Å². The summed E-state index contributed by atoms with van der Waals surface area (Å²) in [4.78, 5) is 11.9. The van der Waals surface area contributed by atoms with Crippen LogP contribution in [0.4, 0.5) is 5.69 Å². The third-order valence-electron chi connectivity index (χ3n) is 3.05. The second-order valence-electron chi connectivity index (χ2n) is 4.31. The number of benzene rings is 1. The molecule has 1 aliphatic rings. The van der Waals surface area contributed by atoms with E-state index in [2.05, 4.69) is 11.6 Å². The second-order valence-corrected chi connectivity index (χ2v) is 5.99. The fourth-order valence-corrected chi connectivity index (χ4v) is 2.58. The lowest BCUT2D eigenvalue weighted by Gasteiger charge is -2.13. The SMILES string of the molecule is CSC1(CNC(=O)c2cc(N)ccc2Cl)CC1. The van der Waals surface area contributed by atoms with Gasteiger partial charge in [0.2, 0.25) is 0 Å². The summed E-state index contributed by atoms with van der Waals surface area (Å²) in [5, 5.41) is 3.36. The number of hydrogen-bond donors (Lipinski definition) is 2. The van der Waals surface area contributed by atoms with E-state index in [1.165, 1.54) is 12.8 Å². The number of thioether (sulfide) groups is 1. The summed E-state index contributed by atoms with van der Waals surface area (Å²) in [6, 6.07) is 4.94. The zero-order chi connectivity index (χ0) is 12.5. The first-order valence-electron chi connectivity index (χ1n) is 5.45. The molecule has 1 fully saturated rings. The average molecular weight is 271 g/mol. The molecule has 0 atom stereocenters. The van der Waals surface area contributed by atoms with Gasteiger partial charge in [0.25, 0.3) is 5.91 Å². The average Bonchev–Trinajstić information content (AvgIpc) is 3.10. The number of carbonyl (C=O) groups is 1. The van der Waals surface area contributed by atoms with Crippen molar-refractivity contribution in [3.63, 3.8) is 0 Å². The lowest BCUT2D eigenvalue weighted by atomic mass is 10.2. The number of rotatable bonds is 4. The smallest absolute Gasteiger partial charge is 0.252 e. The quantitative estimate of drug-likeness (QED) is 0.827. The minimum atomic E-state index is -0.150. The molecule has 17 heavy (non-hydrogen) atoms. The van der Waals surface area contributed by atoms with E-state index in [-0.39, 0.29) is 10.7 Å². The van der Waals surface area contributed by atoms with Gasteiger partial charge in [0, 0.05) is 17.0 Å². The van der Waals surface area contributed by atoms with E-state index < -0.39 is 0 Å². The number of amides is 1. The van der Waals surface area contributed by atoms with Crippen molar-refractivity contribution in [3.8, 4) is 0 Å². The summed E-state index contributed by atoms with van der Waals surface area (Å²) < 4.78 is 0.252. The molecule has 0 radical (unpaired) electrons. The molecule has 0 aromatic heterocycles. The monoisotopic (exact) mass is 270 g/mol. The van der Waals surface area contributed by atoms with Crippen LogP contribution in [0.25, 0.3) is 0 Å². The van der Waals surface area contributed by atoms with Gasteiger partial charge in [-0.25, -0.2) is 0 Å². The van der Waals surface area contributed by atoms with Crippen LogP contribution in [-0.2, 0) is 0 Å². The molecule has 1 aromatic rings. The first kappa shape index (κ1) is 12.6. The van der Waals surface area contributed by atoms with Crippen LogP contribution in [0.2, 0.25) is 5.02 Å². The van der Waals surface area contributed by atoms with Gasteiger partial charge in [-0.15, -0.1) is 0 Å². The molecule has 92 valence electrons. The number of hydrogen-bond acceptors (Lipinski definition) is 3. The normalized spacial score (nSPS) is 16.6. The topological polar surface area (TPSA) is 55.1 Å². The van der Waals surface area contributed by atoms with Crippen LogP contribution in [0, 0.1) is 0 Å². The van der Waals surface area contributed by atoms with Crippen molar-refractivity contribution in [1.82, 2.24) is 5.32 Å². The van der Waals surface area contributed by atoms with E-state index >= 15 is 0 Å². The Balaban J connectivity index is 2.02. The number of halogens is 1. The van der Waals surface area contributed by atoms with E-state index in [1.54, 1.807) is 18.2 Å². The van der Waals surface area contributed by atoms with Crippen LogP contribution in [0.15, 0.2) is 18.2 Å². The lowest BCUT2D eigenvalue weighted by Crippen LogP contribution is -2.31. The summed E-state index contributed by atoms with van der Waals surface area (Å²) in [6.45, 7) is 0.693. The Hall–Kier alpha value is -0.870. The molecule has 1 amide bonds. The standard InChI is InChI=1S/C12H15ClN2OS/c1-17-12(4-5-12)7-15-11(16)9-6-8(14)2-3-10(9)13/h2-3,6H,4-5,7,14H2,1H3,(H,15,16). The Kier molecular flexibility index (Phi) is 3.54. The fourth-order valence-electron chi connectivity index (χ4n) is 1.65. The third kappa shape index (κ3) is 2.87. The fraction of sp³-hybridized carbons (Fsp3) is 0.417. The zero-order valence-electron chi connectivity index (χ0n) is 9.63. The molecule has 0 spiro atoms. The Morgan fingerprint density at radius 1 is 1.59 bits per heavy atom. The van der Waals surface area contributed by atoms with Crippen molar-refractivity contribution < 1.29 is 4.79 Å². The van der Waals surface area contributed by atoms with Crippen LogP contribution >= 0.6 is 23.4 Å². The third-order valence-corrected chi connectivity index (χ3v) is 4.80. The number of anilines is 1. The maximum atomic E-state index is 11.9. The summed E-state index contributed by atoms with van der Waals surface area (Å²) in [6.07, 6.45) is 4.41. The molecule has 1 saturated carbocycles.